The Kier molecular flexibility index (Phi) is 3.25. The van der Waals surface area contributed by atoms with Crippen molar-refractivity contribution >= 4 is 11.3 Å². The molecule has 1 nitrogen and oxygen atoms in total. The molecule has 1 aliphatic carbocycles. The SMILES string of the molecule is Cc1ccsc1C1(N)CCCC(C(F)(F)F)C1. The van der Waals surface area contributed by atoms with Crippen molar-refractivity contribution < 1.29 is 13.2 Å². The van der Waals surface area contributed by atoms with Crippen molar-refractivity contribution in [2.75, 3.05) is 0 Å². The minimum Gasteiger partial charge on any atom is -0.321 e. The molecule has 0 spiro atoms. The van der Waals surface area contributed by atoms with Crippen molar-refractivity contribution in [2.24, 2.45) is 11.7 Å². The van der Waals surface area contributed by atoms with Gasteiger partial charge in [-0.15, -0.1) is 11.3 Å². The van der Waals surface area contributed by atoms with E-state index in [0.29, 0.717) is 12.8 Å². The molecule has 1 aromatic rings. The largest absolute Gasteiger partial charge is 0.391 e. The highest BCUT2D eigenvalue weighted by Gasteiger charge is 2.47. The van der Waals surface area contributed by atoms with E-state index in [9.17, 15) is 13.2 Å². The van der Waals surface area contributed by atoms with Gasteiger partial charge in [-0.1, -0.05) is 6.42 Å². The lowest BCUT2D eigenvalue weighted by Gasteiger charge is -2.38. The summed E-state index contributed by atoms with van der Waals surface area (Å²) < 4.78 is 38.3. The van der Waals surface area contributed by atoms with Gasteiger partial charge in [0.2, 0.25) is 0 Å². The Morgan fingerprint density at radius 1 is 1.47 bits per heavy atom. The van der Waals surface area contributed by atoms with E-state index in [-0.39, 0.29) is 12.8 Å². The number of aryl methyl sites for hydroxylation is 1. The first-order valence-electron chi connectivity index (χ1n) is 5.73. The van der Waals surface area contributed by atoms with Gasteiger partial charge in [0, 0.05) is 4.88 Å². The highest BCUT2D eigenvalue weighted by molar-refractivity contribution is 7.10. The molecule has 0 saturated heterocycles. The Bertz CT molecular complexity index is 399. The van der Waals surface area contributed by atoms with Gasteiger partial charge < -0.3 is 5.73 Å². The molecule has 2 unspecified atom stereocenters. The van der Waals surface area contributed by atoms with E-state index in [2.05, 4.69) is 0 Å². The second-order valence-corrected chi connectivity index (χ2v) is 5.84. The molecule has 2 atom stereocenters. The van der Waals surface area contributed by atoms with Crippen molar-refractivity contribution in [3.63, 3.8) is 0 Å². The maximum Gasteiger partial charge on any atom is 0.391 e. The fourth-order valence-electron chi connectivity index (χ4n) is 2.68. The van der Waals surface area contributed by atoms with E-state index in [1.165, 1.54) is 11.3 Å². The zero-order valence-electron chi connectivity index (χ0n) is 9.68. The minimum absolute atomic E-state index is 0.0256. The lowest BCUT2D eigenvalue weighted by Crippen LogP contribution is -2.44. The van der Waals surface area contributed by atoms with Crippen molar-refractivity contribution in [3.05, 3.63) is 21.9 Å². The van der Waals surface area contributed by atoms with Crippen LogP contribution in [0.4, 0.5) is 13.2 Å². The summed E-state index contributed by atoms with van der Waals surface area (Å²) in [6.07, 6.45) is -2.67. The third-order valence-electron chi connectivity index (χ3n) is 3.56. The van der Waals surface area contributed by atoms with E-state index >= 15 is 0 Å². The molecule has 0 radical (unpaired) electrons. The standard InChI is InChI=1S/C12H16F3NS/c1-8-4-6-17-10(8)11(16)5-2-3-9(7-11)12(13,14)15/h4,6,9H,2-3,5,7,16H2,1H3. The van der Waals surface area contributed by atoms with Crippen molar-refractivity contribution in [1.82, 2.24) is 0 Å². The van der Waals surface area contributed by atoms with Crippen LogP contribution < -0.4 is 5.73 Å². The van der Waals surface area contributed by atoms with Crippen LogP contribution in [0.15, 0.2) is 11.4 Å². The van der Waals surface area contributed by atoms with E-state index < -0.39 is 17.6 Å². The minimum atomic E-state index is -4.11. The van der Waals surface area contributed by atoms with Gasteiger partial charge in [0.15, 0.2) is 0 Å². The fraction of sp³-hybridized carbons (Fsp3) is 0.667. The molecular weight excluding hydrogens is 247 g/mol. The van der Waals surface area contributed by atoms with E-state index in [1.807, 2.05) is 18.4 Å². The molecule has 1 aliphatic rings. The molecule has 1 saturated carbocycles. The summed E-state index contributed by atoms with van der Waals surface area (Å²) in [6.45, 7) is 1.91. The fourth-order valence-corrected chi connectivity index (χ4v) is 3.76. The van der Waals surface area contributed by atoms with Gasteiger partial charge in [-0.3, -0.25) is 0 Å². The van der Waals surface area contributed by atoms with Gasteiger partial charge in [-0.2, -0.15) is 13.2 Å². The van der Waals surface area contributed by atoms with Crippen LogP contribution in [0.2, 0.25) is 0 Å². The number of halogens is 3. The summed E-state index contributed by atoms with van der Waals surface area (Å²) in [5.41, 5.74) is 6.46. The zero-order valence-corrected chi connectivity index (χ0v) is 10.5. The maximum atomic E-state index is 12.8. The number of nitrogens with two attached hydrogens (primary N) is 1. The summed E-state index contributed by atoms with van der Waals surface area (Å²) in [5.74, 6) is -1.25. The average molecular weight is 263 g/mol. The summed E-state index contributed by atoms with van der Waals surface area (Å²) >= 11 is 1.48. The number of hydrogen-bond donors (Lipinski definition) is 1. The van der Waals surface area contributed by atoms with Crippen LogP contribution in [0.1, 0.15) is 36.1 Å². The topological polar surface area (TPSA) is 26.0 Å². The van der Waals surface area contributed by atoms with Gasteiger partial charge >= 0.3 is 6.18 Å². The normalized spacial score (nSPS) is 30.5. The Morgan fingerprint density at radius 2 is 2.18 bits per heavy atom. The lowest BCUT2D eigenvalue weighted by atomic mass is 9.74. The van der Waals surface area contributed by atoms with Crippen LogP contribution in [0.5, 0.6) is 0 Å². The molecule has 2 rings (SSSR count). The highest BCUT2D eigenvalue weighted by Crippen LogP contribution is 2.46. The number of rotatable bonds is 1. The van der Waals surface area contributed by atoms with Crippen LogP contribution in [0.3, 0.4) is 0 Å². The molecule has 17 heavy (non-hydrogen) atoms. The number of alkyl halides is 3. The van der Waals surface area contributed by atoms with Crippen LogP contribution >= 0.6 is 11.3 Å². The Balaban J connectivity index is 2.24. The zero-order chi connectivity index (χ0) is 12.7. The molecular formula is C12H16F3NS. The summed E-state index contributed by atoms with van der Waals surface area (Å²) in [6, 6.07) is 1.92. The summed E-state index contributed by atoms with van der Waals surface area (Å²) in [5, 5.41) is 1.90. The molecule has 1 aromatic heterocycles. The van der Waals surface area contributed by atoms with E-state index in [1.54, 1.807) is 0 Å². The first-order valence-corrected chi connectivity index (χ1v) is 6.61. The van der Waals surface area contributed by atoms with Gasteiger partial charge in [0.05, 0.1) is 11.5 Å². The molecule has 1 fully saturated rings. The van der Waals surface area contributed by atoms with E-state index in [0.717, 1.165) is 10.4 Å². The smallest absolute Gasteiger partial charge is 0.321 e. The quantitative estimate of drug-likeness (QED) is 0.815. The third-order valence-corrected chi connectivity index (χ3v) is 4.80. The molecule has 0 aromatic carbocycles. The summed E-state index contributed by atoms with van der Waals surface area (Å²) in [7, 11) is 0. The van der Waals surface area contributed by atoms with Gasteiger partial charge in [0.25, 0.3) is 0 Å². The van der Waals surface area contributed by atoms with Gasteiger partial charge in [0.1, 0.15) is 0 Å². The molecule has 1 heterocycles. The van der Waals surface area contributed by atoms with Gasteiger partial charge in [-0.25, -0.2) is 0 Å². The predicted molar refractivity (Wildman–Crippen MR) is 62.9 cm³/mol. The summed E-state index contributed by atoms with van der Waals surface area (Å²) in [4.78, 5) is 0.923. The monoisotopic (exact) mass is 263 g/mol. The maximum absolute atomic E-state index is 12.8. The predicted octanol–water partition coefficient (Wildman–Crippen LogP) is 3.96. The number of hydrogen-bond acceptors (Lipinski definition) is 2. The van der Waals surface area contributed by atoms with Crippen LogP contribution in [0.25, 0.3) is 0 Å². The molecule has 5 heteroatoms. The van der Waals surface area contributed by atoms with Gasteiger partial charge in [-0.05, 0) is 43.2 Å². The second kappa shape index (κ2) is 4.28. The van der Waals surface area contributed by atoms with Crippen LogP contribution in [-0.4, -0.2) is 6.18 Å². The lowest BCUT2D eigenvalue weighted by molar-refractivity contribution is -0.187. The third kappa shape index (κ3) is 2.50. The van der Waals surface area contributed by atoms with Crippen LogP contribution in [0, 0.1) is 12.8 Å². The first-order chi connectivity index (χ1) is 7.83. The van der Waals surface area contributed by atoms with Crippen LogP contribution in [-0.2, 0) is 5.54 Å². The van der Waals surface area contributed by atoms with Crippen molar-refractivity contribution in [1.29, 1.82) is 0 Å². The Hall–Kier alpha value is -0.550. The average Bonchev–Trinajstić information content (AvgIpc) is 2.64. The molecule has 0 aliphatic heterocycles. The molecule has 0 amide bonds. The van der Waals surface area contributed by atoms with Crippen molar-refractivity contribution in [3.8, 4) is 0 Å². The molecule has 96 valence electrons. The Labute approximate surface area is 103 Å². The number of thiophene rings is 1. The molecule has 0 bridgehead atoms. The Morgan fingerprint density at radius 3 is 2.71 bits per heavy atom. The first kappa shape index (κ1) is 12.9. The van der Waals surface area contributed by atoms with E-state index in [4.69, 9.17) is 5.73 Å². The molecule has 2 N–H and O–H groups in total. The van der Waals surface area contributed by atoms with Crippen molar-refractivity contribution in [2.45, 2.75) is 44.3 Å². The highest BCUT2D eigenvalue weighted by atomic mass is 32.1. The second-order valence-electron chi connectivity index (χ2n) is 4.92.